The van der Waals surface area contributed by atoms with Crippen LogP contribution < -0.4 is 15.0 Å². The third kappa shape index (κ3) is 4.78. The van der Waals surface area contributed by atoms with Gasteiger partial charge in [0.15, 0.2) is 6.61 Å². The summed E-state index contributed by atoms with van der Waals surface area (Å²) in [7, 11) is 0. The Bertz CT molecular complexity index is 860. The van der Waals surface area contributed by atoms with Gasteiger partial charge in [-0.05, 0) is 49.4 Å². The summed E-state index contributed by atoms with van der Waals surface area (Å²) in [5.41, 5.74) is 2.74. The first-order valence-electron chi connectivity index (χ1n) is 10.6. The fraction of sp³-hybridized carbons (Fsp3) is 0.417. The SMILES string of the molecule is O=C(Nc1ccc2c(c1)N(CCCc1ccccc1)C(=O)CO2)C1CCCCC1. The van der Waals surface area contributed by atoms with Crippen LogP contribution in [0.5, 0.6) is 5.75 Å². The minimum atomic E-state index is -0.0404. The summed E-state index contributed by atoms with van der Waals surface area (Å²) in [4.78, 5) is 26.9. The van der Waals surface area contributed by atoms with Crippen molar-refractivity contribution >= 4 is 23.2 Å². The van der Waals surface area contributed by atoms with E-state index in [2.05, 4.69) is 17.4 Å². The smallest absolute Gasteiger partial charge is 0.265 e. The first kappa shape index (κ1) is 19.5. The number of hydrogen-bond donors (Lipinski definition) is 1. The van der Waals surface area contributed by atoms with Crippen LogP contribution in [-0.2, 0) is 16.0 Å². The van der Waals surface area contributed by atoms with E-state index in [1.807, 2.05) is 36.4 Å². The highest BCUT2D eigenvalue weighted by Crippen LogP contribution is 2.35. The lowest BCUT2D eigenvalue weighted by Crippen LogP contribution is -2.39. The average Bonchev–Trinajstić information content (AvgIpc) is 2.76. The van der Waals surface area contributed by atoms with Gasteiger partial charge in [-0.1, -0.05) is 49.6 Å². The molecule has 0 unspecified atom stereocenters. The summed E-state index contributed by atoms with van der Waals surface area (Å²) < 4.78 is 5.60. The van der Waals surface area contributed by atoms with Crippen LogP contribution in [0, 0.1) is 5.92 Å². The Morgan fingerprint density at radius 2 is 1.86 bits per heavy atom. The number of hydrogen-bond acceptors (Lipinski definition) is 3. The Balaban J connectivity index is 1.44. The van der Waals surface area contributed by atoms with Crippen LogP contribution in [-0.4, -0.2) is 25.0 Å². The Kier molecular flexibility index (Phi) is 6.13. The maximum atomic E-state index is 12.6. The maximum Gasteiger partial charge on any atom is 0.265 e. The van der Waals surface area contributed by atoms with Gasteiger partial charge >= 0.3 is 0 Å². The van der Waals surface area contributed by atoms with Gasteiger partial charge in [0.25, 0.3) is 5.91 Å². The first-order valence-corrected chi connectivity index (χ1v) is 10.6. The molecule has 5 nitrogen and oxygen atoms in total. The molecule has 0 atom stereocenters. The summed E-state index contributed by atoms with van der Waals surface area (Å²) in [6.07, 6.45) is 7.18. The van der Waals surface area contributed by atoms with Crippen molar-refractivity contribution < 1.29 is 14.3 Å². The van der Waals surface area contributed by atoms with Crippen LogP contribution in [0.25, 0.3) is 0 Å². The minimum absolute atomic E-state index is 0.0404. The molecule has 29 heavy (non-hydrogen) atoms. The number of nitrogens with zero attached hydrogens (tertiary/aromatic N) is 1. The summed E-state index contributed by atoms with van der Waals surface area (Å²) in [6, 6.07) is 15.9. The van der Waals surface area contributed by atoms with E-state index in [9.17, 15) is 9.59 Å². The zero-order valence-electron chi connectivity index (χ0n) is 16.7. The monoisotopic (exact) mass is 392 g/mol. The lowest BCUT2D eigenvalue weighted by Gasteiger charge is -2.30. The number of benzene rings is 2. The number of anilines is 2. The molecule has 2 aliphatic rings. The summed E-state index contributed by atoms with van der Waals surface area (Å²) in [5.74, 6) is 0.837. The van der Waals surface area contributed by atoms with E-state index >= 15 is 0 Å². The molecule has 5 heteroatoms. The van der Waals surface area contributed by atoms with E-state index in [1.165, 1.54) is 12.0 Å². The van der Waals surface area contributed by atoms with Crippen LogP contribution in [0.3, 0.4) is 0 Å². The van der Waals surface area contributed by atoms with Gasteiger partial charge in [0, 0.05) is 18.2 Å². The largest absolute Gasteiger partial charge is 0.482 e. The molecule has 0 spiro atoms. The standard InChI is InChI=1S/C24H28N2O3/c27-23-17-29-22-14-13-20(25-24(28)19-11-5-2-6-12-19)16-21(22)26(23)15-7-10-18-8-3-1-4-9-18/h1,3-4,8-9,13-14,16,19H,2,5-7,10-12,15,17H2,(H,25,28). The second-order valence-corrected chi connectivity index (χ2v) is 7.93. The van der Waals surface area contributed by atoms with Crippen molar-refractivity contribution in [3.05, 3.63) is 54.1 Å². The molecule has 152 valence electrons. The number of carbonyl (C=O) groups excluding carboxylic acids is 2. The number of nitrogens with one attached hydrogen (secondary N) is 1. The number of rotatable bonds is 6. The summed E-state index contributed by atoms with van der Waals surface area (Å²) >= 11 is 0. The first-order chi connectivity index (χ1) is 14.2. The quantitative estimate of drug-likeness (QED) is 0.784. The van der Waals surface area contributed by atoms with E-state index in [0.717, 1.165) is 49.9 Å². The topological polar surface area (TPSA) is 58.6 Å². The van der Waals surface area contributed by atoms with Crippen molar-refractivity contribution in [2.24, 2.45) is 5.92 Å². The van der Waals surface area contributed by atoms with Gasteiger partial charge in [0.05, 0.1) is 5.69 Å². The fourth-order valence-electron chi connectivity index (χ4n) is 4.22. The highest BCUT2D eigenvalue weighted by molar-refractivity contribution is 5.99. The van der Waals surface area contributed by atoms with Crippen LogP contribution in [0.2, 0.25) is 0 Å². The molecule has 2 aromatic rings. The molecular formula is C24H28N2O3. The molecule has 1 heterocycles. The lowest BCUT2D eigenvalue weighted by molar-refractivity contribution is -0.121. The highest BCUT2D eigenvalue weighted by Gasteiger charge is 2.26. The molecule has 4 rings (SSSR count). The predicted octanol–water partition coefficient (Wildman–Crippen LogP) is 4.56. The van der Waals surface area contributed by atoms with Gasteiger partial charge in [-0.25, -0.2) is 0 Å². The molecule has 0 bridgehead atoms. The zero-order valence-corrected chi connectivity index (χ0v) is 16.7. The van der Waals surface area contributed by atoms with Gasteiger partial charge in [-0.2, -0.15) is 0 Å². The Morgan fingerprint density at radius 1 is 1.07 bits per heavy atom. The van der Waals surface area contributed by atoms with Crippen LogP contribution >= 0.6 is 0 Å². The molecule has 0 saturated heterocycles. The number of fused-ring (bicyclic) bond motifs is 1. The van der Waals surface area contributed by atoms with Gasteiger partial charge in [-0.15, -0.1) is 0 Å². The van der Waals surface area contributed by atoms with Gasteiger partial charge < -0.3 is 15.0 Å². The number of amides is 2. The van der Waals surface area contributed by atoms with Gasteiger partial charge in [0.1, 0.15) is 5.75 Å². The van der Waals surface area contributed by atoms with Gasteiger partial charge in [0.2, 0.25) is 5.91 Å². The number of aryl methyl sites for hydroxylation is 1. The van der Waals surface area contributed by atoms with E-state index in [-0.39, 0.29) is 24.3 Å². The Hall–Kier alpha value is -2.82. The normalized spacial score (nSPS) is 16.8. The van der Waals surface area contributed by atoms with Gasteiger partial charge in [-0.3, -0.25) is 9.59 Å². The maximum absolute atomic E-state index is 12.6. The van der Waals surface area contributed by atoms with Crippen molar-refractivity contribution in [3.63, 3.8) is 0 Å². The molecule has 2 aromatic carbocycles. The van der Waals surface area contributed by atoms with Crippen molar-refractivity contribution in [1.29, 1.82) is 0 Å². The third-order valence-corrected chi connectivity index (χ3v) is 5.84. The van der Waals surface area contributed by atoms with Crippen molar-refractivity contribution in [3.8, 4) is 5.75 Å². The number of carbonyl (C=O) groups is 2. The summed E-state index contributed by atoms with van der Waals surface area (Å²) in [5, 5.41) is 3.05. The van der Waals surface area contributed by atoms with Crippen LogP contribution in [0.4, 0.5) is 11.4 Å². The highest BCUT2D eigenvalue weighted by atomic mass is 16.5. The lowest BCUT2D eigenvalue weighted by atomic mass is 9.88. The van der Waals surface area contributed by atoms with Crippen LogP contribution in [0.15, 0.2) is 48.5 Å². The number of ether oxygens (including phenoxy) is 1. The second-order valence-electron chi connectivity index (χ2n) is 7.93. The molecule has 1 saturated carbocycles. The van der Waals surface area contributed by atoms with E-state index < -0.39 is 0 Å². The third-order valence-electron chi connectivity index (χ3n) is 5.84. The Morgan fingerprint density at radius 3 is 2.66 bits per heavy atom. The molecule has 0 aromatic heterocycles. The summed E-state index contributed by atoms with van der Waals surface area (Å²) in [6.45, 7) is 0.691. The second kappa shape index (κ2) is 9.12. The van der Waals surface area contributed by atoms with Crippen LogP contribution in [0.1, 0.15) is 44.1 Å². The van der Waals surface area contributed by atoms with Crippen molar-refractivity contribution in [1.82, 2.24) is 0 Å². The molecule has 0 radical (unpaired) electrons. The average molecular weight is 392 g/mol. The molecule has 1 N–H and O–H groups in total. The van der Waals surface area contributed by atoms with E-state index in [4.69, 9.17) is 4.74 Å². The van der Waals surface area contributed by atoms with Crippen molar-refractivity contribution in [2.75, 3.05) is 23.4 Å². The fourth-order valence-corrected chi connectivity index (χ4v) is 4.22. The van der Waals surface area contributed by atoms with E-state index in [1.54, 1.807) is 4.90 Å². The molecular weight excluding hydrogens is 364 g/mol. The molecule has 1 fully saturated rings. The Labute approximate surface area is 172 Å². The minimum Gasteiger partial charge on any atom is -0.482 e. The van der Waals surface area contributed by atoms with Crippen molar-refractivity contribution in [2.45, 2.75) is 44.9 Å². The predicted molar refractivity (Wildman–Crippen MR) is 114 cm³/mol. The molecule has 2 amide bonds. The molecule has 1 aliphatic heterocycles. The zero-order chi connectivity index (χ0) is 20.1. The van der Waals surface area contributed by atoms with E-state index in [0.29, 0.717) is 12.3 Å². The molecule has 1 aliphatic carbocycles.